The van der Waals surface area contributed by atoms with Crippen molar-refractivity contribution in [3.05, 3.63) is 30.3 Å². The molecule has 1 aromatic carbocycles. The lowest BCUT2D eigenvalue weighted by Crippen LogP contribution is -2.42. The van der Waals surface area contributed by atoms with Gasteiger partial charge in [0.05, 0.1) is 15.7 Å². The smallest absolute Gasteiger partial charge is 0.0973 e. The van der Waals surface area contributed by atoms with Gasteiger partial charge in [0.15, 0.2) is 0 Å². The molecular weight excluding hydrogens is 300 g/mol. The van der Waals surface area contributed by atoms with Gasteiger partial charge in [-0.1, -0.05) is 18.2 Å². The lowest BCUT2D eigenvalue weighted by Gasteiger charge is -2.25. The minimum atomic E-state index is -1.02. The number of hydrogen-bond acceptors (Lipinski definition) is 3. The van der Waals surface area contributed by atoms with Crippen LogP contribution in [0, 0.1) is 0 Å². The third-order valence-electron chi connectivity index (χ3n) is 2.95. The van der Waals surface area contributed by atoms with Crippen LogP contribution in [0.25, 0.3) is 0 Å². The van der Waals surface area contributed by atoms with Crippen molar-refractivity contribution in [1.29, 1.82) is 0 Å². The summed E-state index contributed by atoms with van der Waals surface area (Å²) >= 11 is 1.82. The molecule has 0 radical (unpaired) electrons. The number of nitrogens with zero attached hydrogens (tertiary/aromatic N) is 1. The molecule has 1 rings (SSSR count). The van der Waals surface area contributed by atoms with Gasteiger partial charge in [0.25, 0.3) is 0 Å². The van der Waals surface area contributed by atoms with Gasteiger partial charge in [-0.2, -0.15) is 0 Å². The zero-order valence-electron chi connectivity index (χ0n) is 13.8. The SMILES string of the molecule is CN(C)CC[C@H](CSc1ccccc1)N[S@@](=O)C(C)(C)C. The molecule has 0 saturated carbocycles. The van der Waals surface area contributed by atoms with Gasteiger partial charge < -0.3 is 4.90 Å². The van der Waals surface area contributed by atoms with E-state index >= 15 is 0 Å². The quantitative estimate of drug-likeness (QED) is 0.744. The summed E-state index contributed by atoms with van der Waals surface area (Å²) in [6.07, 6.45) is 0.995. The summed E-state index contributed by atoms with van der Waals surface area (Å²) in [6.45, 7) is 7.00. The molecule has 0 aromatic heterocycles. The second-order valence-electron chi connectivity index (χ2n) is 6.41. The Kier molecular flexibility index (Phi) is 7.95. The number of benzene rings is 1. The van der Waals surface area contributed by atoms with E-state index < -0.39 is 11.0 Å². The van der Waals surface area contributed by atoms with Crippen molar-refractivity contribution >= 4 is 22.7 Å². The third kappa shape index (κ3) is 8.00. The van der Waals surface area contributed by atoms with Gasteiger partial charge in [0, 0.05) is 16.7 Å². The molecule has 5 heteroatoms. The first kappa shape index (κ1) is 18.7. The standard InChI is InChI=1S/C16H28N2OS2/c1-16(2,3)21(19)17-14(11-12-18(4)5)13-20-15-9-7-6-8-10-15/h6-10,14,17H,11-13H2,1-5H3/t14-,21+/m1/s1. The highest BCUT2D eigenvalue weighted by atomic mass is 32.2. The van der Waals surface area contributed by atoms with Crippen molar-refractivity contribution in [2.45, 2.75) is 42.9 Å². The third-order valence-corrected chi connectivity index (χ3v) is 5.78. The molecular formula is C16H28N2OS2. The van der Waals surface area contributed by atoms with Gasteiger partial charge in [-0.05, 0) is 60.0 Å². The number of rotatable bonds is 8. The minimum Gasteiger partial charge on any atom is -0.309 e. The topological polar surface area (TPSA) is 32.3 Å². The minimum absolute atomic E-state index is 0.228. The summed E-state index contributed by atoms with van der Waals surface area (Å²) in [5, 5.41) is 0. The van der Waals surface area contributed by atoms with Crippen LogP contribution in [0.4, 0.5) is 0 Å². The predicted octanol–water partition coefficient (Wildman–Crippen LogP) is 3.15. The number of thioether (sulfide) groups is 1. The van der Waals surface area contributed by atoms with Gasteiger partial charge in [-0.25, -0.2) is 8.93 Å². The Morgan fingerprint density at radius 1 is 1.24 bits per heavy atom. The molecule has 0 aliphatic heterocycles. The first-order valence-electron chi connectivity index (χ1n) is 7.29. The van der Waals surface area contributed by atoms with Gasteiger partial charge in [0.2, 0.25) is 0 Å². The van der Waals surface area contributed by atoms with Gasteiger partial charge >= 0.3 is 0 Å². The Balaban J connectivity index is 2.57. The fraction of sp³-hybridized carbons (Fsp3) is 0.625. The lowest BCUT2D eigenvalue weighted by atomic mass is 10.2. The summed E-state index contributed by atoms with van der Waals surface area (Å²) < 4.78 is 15.4. The molecule has 120 valence electrons. The maximum absolute atomic E-state index is 12.3. The average Bonchev–Trinajstić information content (AvgIpc) is 2.41. The van der Waals surface area contributed by atoms with Crippen LogP contribution in [0.2, 0.25) is 0 Å². The normalized spacial score (nSPS) is 15.1. The molecule has 0 bridgehead atoms. The first-order valence-corrected chi connectivity index (χ1v) is 9.43. The average molecular weight is 329 g/mol. The predicted molar refractivity (Wildman–Crippen MR) is 95.2 cm³/mol. The van der Waals surface area contributed by atoms with E-state index in [1.165, 1.54) is 4.90 Å². The van der Waals surface area contributed by atoms with E-state index in [0.29, 0.717) is 0 Å². The Hall–Kier alpha value is -0.360. The van der Waals surface area contributed by atoms with E-state index in [9.17, 15) is 4.21 Å². The molecule has 2 atom stereocenters. The molecule has 1 aromatic rings. The van der Waals surface area contributed by atoms with E-state index in [2.05, 4.69) is 48.0 Å². The van der Waals surface area contributed by atoms with Crippen molar-refractivity contribution < 1.29 is 4.21 Å². The molecule has 0 aliphatic rings. The van der Waals surface area contributed by atoms with Crippen molar-refractivity contribution in [2.24, 2.45) is 0 Å². The zero-order valence-corrected chi connectivity index (χ0v) is 15.4. The highest BCUT2D eigenvalue weighted by Crippen LogP contribution is 2.20. The van der Waals surface area contributed by atoms with Crippen LogP contribution in [0.5, 0.6) is 0 Å². The maximum Gasteiger partial charge on any atom is 0.0973 e. The Labute approximate surface area is 136 Å². The van der Waals surface area contributed by atoms with Crippen molar-refractivity contribution in [3.8, 4) is 0 Å². The summed E-state index contributed by atoms with van der Waals surface area (Å²) in [5.74, 6) is 0.930. The highest BCUT2D eigenvalue weighted by Gasteiger charge is 2.22. The second kappa shape index (κ2) is 8.93. The zero-order chi connectivity index (χ0) is 15.9. The van der Waals surface area contributed by atoms with Crippen molar-refractivity contribution in [3.63, 3.8) is 0 Å². The van der Waals surface area contributed by atoms with E-state index in [-0.39, 0.29) is 10.8 Å². The van der Waals surface area contributed by atoms with Crippen LogP contribution in [-0.4, -0.2) is 46.3 Å². The highest BCUT2D eigenvalue weighted by molar-refractivity contribution is 7.99. The van der Waals surface area contributed by atoms with Crippen LogP contribution < -0.4 is 4.72 Å². The van der Waals surface area contributed by atoms with Crippen LogP contribution in [0.1, 0.15) is 27.2 Å². The Bertz CT molecular complexity index is 430. The molecule has 21 heavy (non-hydrogen) atoms. The monoisotopic (exact) mass is 328 g/mol. The molecule has 1 N–H and O–H groups in total. The molecule has 3 nitrogen and oxygen atoms in total. The maximum atomic E-state index is 12.3. The summed E-state index contributed by atoms with van der Waals surface area (Å²) in [6, 6.07) is 10.6. The molecule has 0 saturated heterocycles. The number of nitrogens with one attached hydrogen (secondary N) is 1. The van der Waals surface area contributed by atoms with E-state index in [1.807, 2.05) is 38.6 Å². The Morgan fingerprint density at radius 3 is 2.38 bits per heavy atom. The fourth-order valence-electron chi connectivity index (χ4n) is 1.63. The summed E-state index contributed by atoms with van der Waals surface area (Å²) in [5.41, 5.74) is 0. The van der Waals surface area contributed by atoms with Crippen LogP contribution in [0.15, 0.2) is 35.2 Å². The van der Waals surface area contributed by atoms with Crippen LogP contribution in [0.3, 0.4) is 0 Å². The molecule has 0 heterocycles. The second-order valence-corrected chi connectivity index (χ2v) is 9.50. The van der Waals surface area contributed by atoms with Gasteiger partial charge in [-0.15, -0.1) is 11.8 Å². The molecule has 0 unspecified atom stereocenters. The van der Waals surface area contributed by atoms with Crippen LogP contribution in [-0.2, 0) is 11.0 Å². The van der Waals surface area contributed by atoms with Gasteiger partial charge in [-0.3, -0.25) is 0 Å². The fourth-order valence-corrected chi connectivity index (χ4v) is 3.59. The molecule has 0 fully saturated rings. The Morgan fingerprint density at radius 2 is 1.86 bits per heavy atom. The van der Waals surface area contributed by atoms with E-state index in [4.69, 9.17) is 0 Å². The van der Waals surface area contributed by atoms with Crippen molar-refractivity contribution in [1.82, 2.24) is 9.62 Å². The van der Waals surface area contributed by atoms with Crippen molar-refractivity contribution in [2.75, 3.05) is 26.4 Å². The van der Waals surface area contributed by atoms with E-state index in [0.717, 1.165) is 18.7 Å². The van der Waals surface area contributed by atoms with E-state index in [1.54, 1.807) is 0 Å². The number of hydrogen-bond donors (Lipinski definition) is 1. The molecule has 0 amide bonds. The summed E-state index contributed by atoms with van der Waals surface area (Å²) in [4.78, 5) is 3.43. The largest absolute Gasteiger partial charge is 0.309 e. The lowest BCUT2D eigenvalue weighted by molar-refractivity contribution is 0.381. The molecule has 0 spiro atoms. The molecule has 0 aliphatic carbocycles. The first-order chi connectivity index (χ1) is 9.79. The summed E-state index contributed by atoms with van der Waals surface area (Å²) in [7, 11) is 3.12. The van der Waals surface area contributed by atoms with Gasteiger partial charge in [0.1, 0.15) is 0 Å². The van der Waals surface area contributed by atoms with Crippen LogP contribution >= 0.6 is 11.8 Å².